The lowest BCUT2D eigenvalue weighted by atomic mass is 10.0. The molecule has 10 heteroatoms. The van der Waals surface area contributed by atoms with Gasteiger partial charge in [0.25, 0.3) is 7.82 Å². The van der Waals surface area contributed by atoms with Crippen LogP contribution in [0, 0.1) is 0 Å². The van der Waals surface area contributed by atoms with Crippen LogP contribution in [0.4, 0.5) is 0 Å². The van der Waals surface area contributed by atoms with E-state index in [2.05, 4.69) is 26.1 Å². The van der Waals surface area contributed by atoms with Gasteiger partial charge in [-0.1, -0.05) is 316 Å². The summed E-state index contributed by atoms with van der Waals surface area (Å²) >= 11 is 0. The Morgan fingerprint density at radius 3 is 1.08 bits per heavy atom. The number of carbonyl (C=O) groups excluding carboxylic acids is 2. The highest BCUT2D eigenvalue weighted by Gasteiger charge is 2.27. The molecule has 76 heavy (non-hydrogen) atoms. The lowest BCUT2D eigenvalue weighted by Crippen LogP contribution is -2.47. The number of carbonyl (C=O) groups is 2. The molecule has 3 atom stereocenters. The zero-order valence-electron chi connectivity index (χ0n) is 51.7. The molecular weight excluding hydrogens is 964 g/mol. The standard InChI is InChI=1S/C66H131N2O7P/c1-7-10-13-16-19-22-25-28-29-30-31-32-33-34-35-36-37-38-39-41-44-47-50-53-56-59-66(70)75-64(57-54-51-48-45-42-27-24-21-18-15-12-9-3)63(62-74-76(71,72)73-61-60-68(4,5)6)67-65(69)58-55-52-49-46-43-40-26-23-20-17-14-11-8-2/h54,57,63-64H,7-53,55-56,58-62H2,1-6H3,(H-,67,69,71,72)/b57-54-. The summed E-state index contributed by atoms with van der Waals surface area (Å²) in [5.41, 5.74) is 0. The second-order valence-corrected chi connectivity index (χ2v) is 25.8. The minimum atomic E-state index is -4.69. The lowest BCUT2D eigenvalue weighted by Gasteiger charge is -2.30. The van der Waals surface area contributed by atoms with Crippen molar-refractivity contribution >= 4 is 19.7 Å². The number of nitrogens with one attached hydrogen (secondary N) is 1. The number of likely N-dealkylation sites (N-methyl/N-ethyl adjacent to an activating group) is 1. The molecule has 1 amide bonds. The van der Waals surface area contributed by atoms with Gasteiger partial charge in [0, 0.05) is 12.8 Å². The van der Waals surface area contributed by atoms with Gasteiger partial charge in [-0.05, 0) is 31.8 Å². The predicted molar refractivity (Wildman–Crippen MR) is 326 cm³/mol. The van der Waals surface area contributed by atoms with E-state index in [1.54, 1.807) is 0 Å². The minimum Gasteiger partial charge on any atom is -0.756 e. The molecule has 0 aliphatic rings. The Balaban J connectivity index is 5.00. The summed E-state index contributed by atoms with van der Waals surface area (Å²) in [5, 5.41) is 3.04. The fourth-order valence-electron chi connectivity index (χ4n) is 10.3. The van der Waals surface area contributed by atoms with E-state index in [0.29, 0.717) is 17.4 Å². The SMILES string of the molecule is CCCCCCCCCCCC/C=C\C(OC(=O)CCCCCCCCCCCCCCCCCCCCCCCCCCC)C(COP(=O)([O-])OCC[N+](C)(C)C)NC(=O)CCCCCCCCCCCCCCC. The van der Waals surface area contributed by atoms with Gasteiger partial charge in [0.15, 0.2) is 0 Å². The molecule has 0 radical (unpaired) electrons. The monoisotopic (exact) mass is 1090 g/mol. The maximum atomic E-state index is 13.5. The molecule has 0 aliphatic heterocycles. The number of hydrogen-bond donors (Lipinski definition) is 1. The molecule has 9 nitrogen and oxygen atoms in total. The Bertz CT molecular complexity index is 1310. The van der Waals surface area contributed by atoms with Crippen LogP contribution in [0.2, 0.25) is 0 Å². The van der Waals surface area contributed by atoms with Crippen LogP contribution in [0.15, 0.2) is 12.2 Å². The largest absolute Gasteiger partial charge is 0.756 e. The maximum absolute atomic E-state index is 13.5. The van der Waals surface area contributed by atoms with Crippen molar-refractivity contribution in [3.63, 3.8) is 0 Å². The number of rotatable bonds is 62. The van der Waals surface area contributed by atoms with Crippen molar-refractivity contribution in [2.75, 3.05) is 40.9 Å². The highest BCUT2D eigenvalue weighted by atomic mass is 31.2. The Labute approximate surface area is 473 Å². The second-order valence-electron chi connectivity index (χ2n) is 24.3. The van der Waals surface area contributed by atoms with Crippen molar-refractivity contribution in [1.29, 1.82) is 0 Å². The average molecular weight is 1100 g/mol. The molecule has 0 saturated carbocycles. The molecule has 0 aromatic heterocycles. The molecule has 0 saturated heterocycles. The molecule has 0 rings (SSSR count). The molecule has 0 bridgehead atoms. The quantitative estimate of drug-likeness (QED) is 0.0212. The third kappa shape index (κ3) is 57.4. The maximum Gasteiger partial charge on any atom is 0.306 e. The lowest BCUT2D eigenvalue weighted by molar-refractivity contribution is -0.870. The zero-order chi connectivity index (χ0) is 55.7. The zero-order valence-corrected chi connectivity index (χ0v) is 52.6. The van der Waals surface area contributed by atoms with Crippen molar-refractivity contribution in [1.82, 2.24) is 5.32 Å². The molecule has 452 valence electrons. The van der Waals surface area contributed by atoms with Crippen molar-refractivity contribution in [2.24, 2.45) is 0 Å². The van der Waals surface area contributed by atoms with Crippen LogP contribution >= 0.6 is 7.82 Å². The van der Waals surface area contributed by atoms with Crippen molar-refractivity contribution in [3.05, 3.63) is 12.2 Å². The Morgan fingerprint density at radius 2 is 0.750 bits per heavy atom. The smallest absolute Gasteiger partial charge is 0.306 e. The highest BCUT2D eigenvalue weighted by Crippen LogP contribution is 2.38. The van der Waals surface area contributed by atoms with Crippen LogP contribution in [0.25, 0.3) is 0 Å². The number of allylic oxidation sites excluding steroid dienone is 1. The van der Waals surface area contributed by atoms with Gasteiger partial charge >= 0.3 is 5.97 Å². The summed E-state index contributed by atoms with van der Waals surface area (Å²) in [6.07, 6.45) is 66.2. The number of phosphoric acid groups is 1. The topological polar surface area (TPSA) is 114 Å². The summed E-state index contributed by atoms with van der Waals surface area (Å²) in [4.78, 5) is 40.0. The van der Waals surface area contributed by atoms with Gasteiger partial charge in [0.05, 0.1) is 33.8 Å². The van der Waals surface area contributed by atoms with Crippen molar-refractivity contribution in [2.45, 2.75) is 360 Å². The summed E-state index contributed by atoms with van der Waals surface area (Å²) in [6.45, 7) is 6.90. The van der Waals surface area contributed by atoms with E-state index in [4.69, 9.17) is 13.8 Å². The third-order valence-electron chi connectivity index (χ3n) is 15.5. The Kier molecular flexibility index (Phi) is 56.1. The molecule has 0 spiro atoms. The van der Waals surface area contributed by atoms with E-state index in [-0.39, 0.29) is 31.5 Å². The number of unbranched alkanes of at least 4 members (excludes halogenated alkanes) is 46. The van der Waals surface area contributed by atoms with Crippen LogP contribution in [-0.2, 0) is 27.9 Å². The molecule has 0 fully saturated rings. The van der Waals surface area contributed by atoms with E-state index in [1.807, 2.05) is 33.3 Å². The Morgan fingerprint density at radius 1 is 0.447 bits per heavy atom. The van der Waals surface area contributed by atoms with Gasteiger partial charge in [-0.3, -0.25) is 14.2 Å². The predicted octanol–water partition coefficient (Wildman–Crippen LogP) is 20.1. The summed E-state index contributed by atoms with van der Waals surface area (Å²) in [5.74, 6) is -0.518. The Hall–Kier alpha value is -1.25. The first-order valence-corrected chi connectivity index (χ1v) is 35.0. The van der Waals surface area contributed by atoms with Crippen molar-refractivity contribution in [3.8, 4) is 0 Å². The summed E-state index contributed by atoms with van der Waals surface area (Å²) < 4.78 is 30.4. The molecular formula is C66H131N2O7P. The van der Waals surface area contributed by atoms with Gasteiger partial charge in [-0.2, -0.15) is 0 Å². The molecule has 0 heterocycles. The summed E-state index contributed by atoms with van der Waals surface area (Å²) in [6, 6.07) is -0.879. The highest BCUT2D eigenvalue weighted by molar-refractivity contribution is 7.45. The molecule has 0 aromatic carbocycles. The van der Waals surface area contributed by atoms with E-state index >= 15 is 0 Å². The molecule has 0 aromatic rings. The number of amides is 1. The number of quaternary nitrogens is 1. The first-order chi connectivity index (χ1) is 36.9. The number of nitrogens with zero attached hydrogens (tertiary/aromatic N) is 1. The van der Waals surface area contributed by atoms with Crippen molar-refractivity contribution < 1.29 is 37.3 Å². The first kappa shape index (κ1) is 74.8. The van der Waals surface area contributed by atoms with Crippen LogP contribution < -0.4 is 10.2 Å². The van der Waals surface area contributed by atoms with E-state index in [9.17, 15) is 19.0 Å². The van der Waals surface area contributed by atoms with Gasteiger partial charge in [-0.15, -0.1) is 0 Å². The van der Waals surface area contributed by atoms with Gasteiger partial charge in [0.2, 0.25) is 5.91 Å². The second kappa shape index (κ2) is 57.0. The average Bonchev–Trinajstić information content (AvgIpc) is 3.38. The molecule has 1 N–H and O–H groups in total. The first-order valence-electron chi connectivity index (χ1n) is 33.5. The van der Waals surface area contributed by atoms with Crippen LogP contribution in [-0.4, -0.2) is 69.4 Å². The van der Waals surface area contributed by atoms with E-state index < -0.39 is 20.0 Å². The van der Waals surface area contributed by atoms with Crippen LogP contribution in [0.3, 0.4) is 0 Å². The number of ether oxygens (including phenoxy) is 1. The number of hydrogen-bond acceptors (Lipinski definition) is 7. The van der Waals surface area contributed by atoms with E-state index in [0.717, 1.165) is 57.8 Å². The van der Waals surface area contributed by atoms with Crippen LogP contribution in [0.1, 0.15) is 348 Å². The van der Waals surface area contributed by atoms with Crippen LogP contribution in [0.5, 0.6) is 0 Å². The number of phosphoric ester groups is 1. The normalized spacial score (nSPS) is 13.6. The van der Waals surface area contributed by atoms with E-state index in [1.165, 1.54) is 257 Å². The van der Waals surface area contributed by atoms with Gasteiger partial charge in [0.1, 0.15) is 19.3 Å². The fourth-order valence-corrected chi connectivity index (χ4v) is 11.0. The third-order valence-corrected chi connectivity index (χ3v) is 16.4. The van der Waals surface area contributed by atoms with Gasteiger partial charge in [-0.25, -0.2) is 0 Å². The van der Waals surface area contributed by atoms with Gasteiger partial charge < -0.3 is 28.5 Å². The molecule has 3 unspecified atom stereocenters. The fraction of sp³-hybridized carbons (Fsp3) is 0.939. The summed E-state index contributed by atoms with van der Waals surface area (Å²) in [7, 11) is 1.21. The number of esters is 1. The molecule has 0 aliphatic carbocycles. The minimum absolute atomic E-state index is 0.0167.